The van der Waals surface area contributed by atoms with Crippen molar-refractivity contribution in [2.45, 2.75) is 38.1 Å². The zero-order valence-corrected chi connectivity index (χ0v) is 29.7. The second-order valence-corrected chi connectivity index (χ2v) is 10.9. The first-order chi connectivity index (χ1) is 24.9. The summed E-state index contributed by atoms with van der Waals surface area (Å²) in [5.41, 5.74) is 3.82. The number of halogens is 1. The minimum Gasteiger partial charge on any atom is -0.467 e. The minimum absolute atomic E-state index is 0. The molecule has 53 heavy (non-hydrogen) atoms. The zero-order valence-electron chi connectivity index (χ0n) is 28.8. The van der Waals surface area contributed by atoms with E-state index in [2.05, 4.69) is 21.3 Å². The Labute approximate surface area is 311 Å². The van der Waals surface area contributed by atoms with Crippen LogP contribution >= 0.6 is 12.4 Å². The lowest BCUT2D eigenvalue weighted by molar-refractivity contribution is -0.145. The van der Waals surface area contributed by atoms with Crippen molar-refractivity contribution < 1.29 is 54.1 Å². The van der Waals surface area contributed by atoms with Crippen molar-refractivity contribution in [3.63, 3.8) is 0 Å². The number of aliphatic hydroxyl groups is 2. The van der Waals surface area contributed by atoms with Gasteiger partial charge in [0.15, 0.2) is 17.6 Å². The van der Waals surface area contributed by atoms with Crippen molar-refractivity contribution in [3.8, 4) is 0 Å². The number of amides is 3. The Bertz CT molecular complexity index is 1660. The molecule has 0 saturated heterocycles. The first-order valence-corrected chi connectivity index (χ1v) is 15.5. The van der Waals surface area contributed by atoms with Crippen LogP contribution in [0.15, 0.2) is 109 Å². The number of hydrogen-bond donors (Lipinski definition) is 8. The number of methoxy groups -OCH3 is 1. The number of nitrogens with one attached hydrogen (secondary N) is 3. The maximum Gasteiger partial charge on any atom is 0.331 e. The normalized spacial score (nSPS) is 12.2. The van der Waals surface area contributed by atoms with Crippen LogP contribution in [0.1, 0.15) is 66.4 Å². The third-order valence-electron chi connectivity index (χ3n) is 7.28. The van der Waals surface area contributed by atoms with Crippen LogP contribution < -0.4 is 22.0 Å². The Balaban J connectivity index is 0.000000497. The molecule has 0 aliphatic heterocycles. The number of carbonyl (C=O) groups excluding carboxylic acids is 6. The Hall–Kier alpha value is -5.81. The van der Waals surface area contributed by atoms with Gasteiger partial charge in [0.1, 0.15) is 6.04 Å². The van der Waals surface area contributed by atoms with Crippen molar-refractivity contribution in [2.75, 3.05) is 7.11 Å². The molecule has 0 fully saturated rings. The maximum atomic E-state index is 12.3. The molecule has 0 radical (unpaired) electrons. The average Bonchev–Trinajstić information content (AvgIpc) is 3.19. The van der Waals surface area contributed by atoms with E-state index in [1.54, 1.807) is 60.7 Å². The summed E-state index contributed by atoms with van der Waals surface area (Å²) >= 11 is 0. The summed E-state index contributed by atoms with van der Waals surface area (Å²) in [7, 11) is 1.17. The van der Waals surface area contributed by atoms with Crippen LogP contribution in [-0.2, 0) is 14.3 Å². The van der Waals surface area contributed by atoms with Gasteiger partial charge in [0.2, 0.25) is 0 Å². The lowest BCUT2D eigenvalue weighted by atomic mass is 10.0. The number of esters is 1. The highest BCUT2D eigenvalue weighted by atomic mass is 35.5. The topological polar surface area (TPSA) is 255 Å². The van der Waals surface area contributed by atoms with Gasteiger partial charge < -0.3 is 30.8 Å². The van der Waals surface area contributed by atoms with Gasteiger partial charge in [0.25, 0.3) is 17.7 Å². The van der Waals surface area contributed by atoms with Crippen molar-refractivity contribution in [1.82, 2.24) is 16.1 Å². The quantitative estimate of drug-likeness (QED) is 0.0449. The largest absolute Gasteiger partial charge is 0.467 e. The fourth-order valence-corrected chi connectivity index (χ4v) is 4.49. The van der Waals surface area contributed by atoms with Gasteiger partial charge in [0.05, 0.1) is 19.3 Å². The SMILES string of the molecule is COC(=O)[C@@H](NC(=O)c1ccc(C(=O)c2ccccc2)cc1)[C@@H](C)O.C[C@@H](O)[C@H](NC(=O)c1ccc(C(=O)c2ccccc2)cc1)C(=O)NO.Cl.NO. The fourth-order valence-electron chi connectivity index (χ4n) is 4.49. The van der Waals surface area contributed by atoms with Gasteiger partial charge in [-0.1, -0.05) is 84.9 Å². The molecular formula is C37H41ClN4O11. The predicted molar refractivity (Wildman–Crippen MR) is 194 cm³/mol. The molecule has 0 aromatic heterocycles. The molecule has 16 heteroatoms. The van der Waals surface area contributed by atoms with Crippen LogP contribution in [0.2, 0.25) is 0 Å². The molecule has 0 saturated carbocycles. The summed E-state index contributed by atoms with van der Waals surface area (Å²) in [4.78, 5) is 72.0. The van der Waals surface area contributed by atoms with Crippen molar-refractivity contribution >= 4 is 47.7 Å². The van der Waals surface area contributed by atoms with E-state index in [1.807, 2.05) is 12.1 Å². The zero-order chi connectivity index (χ0) is 38.8. The van der Waals surface area contributed by atoms with Crippen LogP contribution in [-0.4, -0.2) is 87.3 Å². The Kier molecular flexibility index (Phi) is 19.5. The molecule has 15 nitrogen and oxygen atoms in total. The number of carbonyl (C=O) groups is 6. The predicted octanol–water partition coefficient (Wildman–Crippen LogP) is 2.23. The molecule has 0 unspecified atom stereocenters. The van der Waals surface area contributed by atoms with Gasteiger partial charge in [-0.25, -0.2) is 16.2 Å². The van der Waals surface area contributed by atoms with Crippen molar-refractivity contribution in [3.05, 3.63) is 143 Å². The van der Waals surface area contributed by atoms with Gasteiger partial charge in [0, 0.05) is 33.4 Å². The molecule has 282 valence electrons. The lowest BCUT2D eigenvalue weighted by Crippen LogP contribution is -2.51. The molecule has 4 aromatic rings. The molecule has 0 bridgehead atoms. The number of aliphatic hydroxyl groups excluding tert-OH is 2. The summed E-state index contributed by atoms with van der Waals surface area (Å²) in [5.74, 6) is 0.347. The Morgan fingerprint density at radius 3 is 1.15 bits per heavy atom. The number of benzene rings is 4. The molecule has 3 amide bonds. The first kappa shape index (κ1) is 45.2. The highest BCUT2D eigenvalue weighted by molar-refractivity contribution is 6.10. The molecule has 0 spiro atoms. The summed E-state index contributed by atoms with van der Waals surface area (Å²) in [6.07, 6.45) is -2.30. The van der Waals surface area contributed by atoms with E-state index < -0.39 is 48.0 Å². The van der Waals surface area contributed by atoms with Gasteiger partial charge in [-0.05, 0) is 38.1 Å². The number of ketones is 2. The van der Waals surface area contributed by atoms with Gasteiger partial charge in [-0.2, -0.15) is 0 Å². The molecule has 4 rings (SSSR count). The molecule has 0 heterocycles. The third-order valence-corrected chi connectivity index (χ3v) is 7.28. The third kappa shape index (κ3) is 13.4. The highest BCUT2D eigenvalue weighted by Crippen LogP contribution is 2.13. The van der Waals surface area contributed by atoms with Crippen LogP contribution in [0, 0.1) is 0 Å². The molecule has 9 N–H and O–H groups in total. The maximum absolute atomic E-state index is 12.3. The van der Waals surface area contributed by atoms with Gasteiger partial charge in [-0.3, -0.25) is 29.2 Å². The van der Waals surface area contributed by atoms with E-state index in [1.165, 1.54) is 62.8 Å². The van der Waals surface area contributed by atoms with Gasteiger partial charge >= 0.3 is 5.97 Å². The minimum atomic E-state index is -1.30. The molecule has 0 aliphatic carbocycles. The standard InChI is InChI=1S/C19H19NO5.C18H18N2O5.ClH.H3NO/c1-12(21)16(19(24)25-2)20-18(23)15-10-8-14(9-11-15)17(22)13-6-4-3-5-7-13;1-11(21)15(18(24)20-25)19-17(23)14-9-7-13(8-10-14)16(22)12-5-3-2-4-6-12;;1-2/h3-12,16,21H,1-2H3,(H,20,23);2-11,15,21,25H,1H3,(H,19,23)(H,20,24);1H;2H,1H2/t12-,16+;11-,15+;;/m11../s1. The van der Waals surface area contributed by atoms with E-state index >= 15 is 0 Å². The lowest BCUT2D eigenvalue weighted by Gasteiger charge is -2.19. The number of hydrogen-bond acceptors (Lipinski definition) is 12. The number of ether oxygens (including phenoxy) is 1. The van der Waals surface area contributed by atoms with E-state index in [0.29, 0.717) is 22.3 Å². The monoisotopic (exact) mass is 752 g/mol. The Morgan fingerprint density at radius 1 is 0.547 bits per heavy atom. The smallest absolute Gasteiger partial charge is 0.331 e. The highest BCUT2D eigenvalue weighted by Gasteiger charge is 2.27. The number of rotatable bonds is 12. The number of hydroxylamine groups is 1. The molecule has 4 aromatic carbocycles. The number of nitrogens with two attached hydrogens (primary N) is 1. The van der Waals surface area contributed by atoms with Crippen LogP contribution in [0.5, 0.6) is 0 Å². The molecular weight excluding hydrogens is 712 g/mol. The summed E-state index contributed by atoms with van der Waals surface area (Å²) in [5, 5.41) is 39.0. The van der Waals surface area contributed by atoms with Crippen LogP contribution in [0.4, 0.5) is 0 Å². The molecule has 0 aliphatic rings. The van der Waals surface area contributed by atoms with Crippen LogP contribution in [0.3, 0.4) is 0 Å². The Morgan fingerprint density at radius 2 is 0.849 bits per heavy atom. The van der Waals surface area contributed by atoms with Crippen molar-refractivity contribution in [1.29, 1.82) is 0 Å². The molecule has 4 atom stereocenters. The fraction of sp³-hybridized carbons (Fsp3) is 0.189. The second kappa shape index (κ2) is 22.9. The van der Waals surface area contributed by atoms with E-state index in [0.717, 1.165) is 0 Å². The average molecular weight is 753 g/mol. The summed E-state index contributed by atoms with van der Waals surface area (Å²) < 4.78 is 4.55. The first-order valence-electron chi connectivity index (χ1n) is 15.5. The summed E-state index contributed by atoms with van der Waals surface area (Å²) in [6, 6.07) is 27.0. The van der Waals surface area contributed by atoms with E-state index in [-0.39, 0.29) is 35.1 Å². The van der Waals surface area contributed by atoms with Crippen LogP contribution in [0.25, 0.3) is 0 Å². The van der Waals surface area contributed by atoms with Gasteiger partial charge in [-0.15, -0.1) is 12.4 Å². The van der Waals surface area contributed by atoms with Crippen molar-refractivity contribution in [2.24, 2.45) is 5.90 Å². The van der Waals surface area contributed by atoms with E-state index in [9.17, 15) is 39.0 Å². The summed E-state index contributed by atoms with van der Waals surface area (Å²) in [6.45, 7) is 2.69. The van der Waals surface area contributed by atoms with E-state index in [4.69, 9.17) is 10.4 Å². The second-order valence-electron chi connectivity index (χ2n) is 10.9.